The first kappa shape index (κ1) is 13.1. The summed E-state index contributed by atoms with van der Waals surface area (Å²) in [6, 6.07) is 3.01. The number of pyridine rings is 2. The van der Waals surface area contributed by atoms with Crippen molar-refractivity contribution in [3.63, 3.8) is 0 Å². The zero-order chi connectivity index (χ0) is 13.8. The van der Waals surface area contributed by atoms with Gasteiger partial charge in [0.25, 0.3) is 5.56 Å². The minimum atomic E-state index is -1.10. The molecule has 0 amide bonds. The van der Waals surface area contributed by atoms with E-state index in [1.54, 1.807) is 6.07 Å². The van der Waals surface area contributed by atoms with E-state index < -0.39 is 5.97 Å². The average Bonchev–Trinajstić information content (AvgIpc) is 2.38. The minimum absolute atomic E-state index is 0.0142. The molecule has 0 aliphatic carbocycles. The van der Waals surface area contributed by atoms with Crippen LogP contribution in [0.5, 0.6) is 0 Å². The summed E-state index contributed by atoms with van der Waals surface area (Å²) in [6.45, 7) is 2.70. The number of aromatic amines is 1. The van der Waals surface area contributed by atoms with Crippen molar-refractivity contribution in [1.82, 2.24) is 9.97 Å². The van der Waals surface area contributed by atoms with Gasteiger partial charge in [0.2, 0.25) is 0 Å². The van der Waals surface area contributed by atoms with Crippen molar-refractivity contribution < 1.29 is 9.90 Å². The lowest BCUT2D eigenvalue weighted by Crippen LogP contribution is -2.13. The standard InChI is InChI=1S/C13H15N3O3/c1-2-3-5-14-11-9(13(18)19)7-8-10(16-11)4-6-15-12(8)17/h4,6-7H,2-3,5H2,1H3,(H,14,16)(H,15,17)(H,18,19). The number of carboxylic acid groups (broad SMARTS) is 1. The third-order valence-electron chi connectivity index (χ3n) is 2.81. The number of carbonyl (C=O) groups is 1. The number of anilines is 1. The third-order valence-corrected chi connectivity index (χ3v) is 2.81. The van der Waals surface area contributed by atoms with E-state index in [1.807, 2.05) is 6.92 Å². The fraction of sp³-hybridized carbons (Fsp3) is 0.308. The second-order valence-electron chi connectivity index (χ2n) is 4.21. The molecule has 2 aromatic rings. The van der Waals surface area contributed by atoms with Crippen LogP contribution < -0.4 is 10.9 Å². The zero-order valence-corrected chi connectivity index (χ0v) is 10.6. The van der Waals surface area contributed by atoms with E-state index in [0.717, 1.165) is 12.8 Å². The predicted molar refractivity (Wildman–Crippen MR) is 72.7 cm³/mol. The van der Waals surface area contributed by atoms with Gasteiger partial charge in [-0.25, -0.2) is 9.78 Å². The molecule has 3 N–H and O–H groups in total. The van der Waals surface area contributed by atoms with Crippen LogP contribution in [-0.4, -0.2) is 27.6 Å². The molecule has 0 atom stereocenters. The van der Waals surface area contributed by atoms with Gasteiger partial charge in [-0.3, -0.25) is 4.79 Å². The van der Waals surface area contributed by atoms with Gasteiger partial charge in [-0.2, -0.15) is 0 Å². The van der Waals surface area contributed by atoms with Gasteiger partial charge in [0.05, 0.1) is 10.9 Å². The molecule has 0 bridgehead atoms. The molecule has 0 fully saturated rings. The Bertz CT molecular complexity index is 664. The van der Waals surface area contributed by atoms with Gasteiger partial charge in [-0.1, -0.05) is 13.3 Å². The fourth-order valence-electron chi connectivity index (χ4n) is 1.79. The van der Waals surface area contributed by atoms with Crippen molar-refractivity contribution in [3.8, 4) is 0 Å². The molecule has 6 heteroatoms. The first-order chi connectivity index (χ1) is 9.13. The van der Waals surface area contributed by atoms with E-state index >= 15 is 0 Å². The summed E-state index contributed by atoms with van der Waals surface area (Å²) in [7, 11) is 0. The fourth-order valence-corrected chi connectivity index (χ4v) is 1.79. The number of hydrogen-bond acceptors (Lipinski definition) is 4. The number of H-pyrrole nitrogens is 1. The summed E-state index contributed by atoms with van der Waals surface area (Å²) < 4.78 is 0. The number of fused-ring (bicyclic) bond motifs is 1. The van der Waals surface area contributed by atoms with Crippen molar-refractivity contribution in [2.45, 2.75) is 19.8 Å². The topological polar surface area (TPSA) is 95.1 Å². The number of aromatic carboxylic acids is 1. The lowest BCUT2D eigenvalue weighted by Gasteiger charge is -2.09. The SMILES string of the molecule is CCCCNc1nc2cc[nH]c(=O)c2cc1C(=O)O. The van der Waals surface area contributed by atoms with E-state index in [0.29, 0.717) is 17.9 Å². The molecule has 0 aromatic carbocycles. The summed E-state index contributed by atoms with van der Waals surface area (Å²) in [5.74, 6) is -0.796. The zero-order valence-electron chi connectivity index (χ0n) is 10.6. The van der Waals surface area contributed by atoms with Crippen molar-refractivity contribution in [2.75, 3.05) is 11.9 Å². The van der Waals surface area contributed by atoms with Gasteiger partial charge in [0.1, 0.15) is 11.4 Å². The Morgan fingerprint density at radius 3 is 3.00 bits per heavy atom. The first-order valence-electron chi connectivity index (χ1n) is 6.13. The van der Waals surface area contributed by atoms with Gasteiger partial charge in [0.15, 0.2) is 0 Å². The number of hydrogen-bond donors (Lipinski definition) is 3. The van der Waals surface area contributed by atoms with Crippen molar-refractivity contribution in [3.05, 3.63) is 34.2 Å². The van der Waals surface area contributed by atoms with Crippen LogP contribution in [0.4, 0.5) is 5.82 Å². The molecule has 100 valence electrons. The van der Waals surface area contributed by atoms with E-state index in [-0.39, 0.29) is 16.5 Å². The van der Waals surface area contributed by atoms with Gasteiger partial charge in [-0.15, -0.1) is 0 Å². The smallest absolute Gasteiger partial charge is 0.339 e. The highest BCUT2D eigenvalue weighted by atomic mass is 16.4. The Labute approximate surface area is 109 Å². The molecule has 2 aromatic heterocycles. The minimum Gasteiger partial charge on any atom is -0.478 e. The van der Waals surface area contributed by atoms with Crippen LogP contribution in [0.25, 0.3) is 10.9 Å². The molecular weight excluding hydrogens is 246 g/mol. The number of aromatic nitrogens is 2. The molecule has 0 radical (unpaired) electrons. The molecule has 0 saturated carbocycles. The quantitative estimate of drug-likeness (QED) is 0.714. The molecule has 0 aliphatic rings. The summed E-state index contributed by atoms with van der Waals surface area (Å²) in [5.41, 5.74) is 0.153. The highest BCUT2D eigenvalue weighted by molar-refractivity contribution is 5.97. The van der Waals surface area contributed by atoms with Crippen LogP contribution >= 0.6 is 0 Å². The molecule has 19 heavy (non-hydrogen) atoms. The highest BCUT2D eigenvalue weighted by Crippen LogP contribution is 2.18. The molecule has 2 heterocycles. The van der Waals surface area contributed by atoms with Crippen LogP contribution in [0.3, 0.4) is 0 Å². The summed E-state index contributed by atoms with van der Waals surface area (Å²) >= 11 is 0. The normalized spacial score (nSPS) is 10.6. The molecule has 0 unspecified atom stereocenters. The Balaban J connectivity index is 2.52. The molecule has 6 nitrogen and oxygen atoms in total. The van der Waals surface area contributed by atoms with Gasteiger partial charge >= 0.3 is 5.97 Å². The lowest BCUT2D eigenvalue weighted by atomic mass is 10.2. The van der Waals surface area contributed by atoms with Crippen LogP contribution in [0.1, 0.15) is 30.1 Å². The van der Waals surface area contributed by atoms with Crippen LogP contribution in [0, 0.1) is 0 Å². The van der Waals surface area contributed by atoms with E-state index in [9.17, 15) is 14.7 Å². The first-order valence-corrected chi connectivity index (χ1v) is 6.13. The Hall–Kier alpha value is -2.37. The predicted octanol–water partition coefficient (Wildman–Crippen LogP) is 1.83. The maximum atomic E-state index is 11.6. The van der Waals surface area contributed by atoms with Crippen molar-refractivity contribution in [2.24, 2.45) is 0 Å². The van der Waals surface area contributed by atoms with E-state index in [4.69, 9.17) is 0 Å². The van der Waals surface area contributed by atoms with Gasteiger partial charge in [-0.05, 0) is 18.6 Å². The Morgan fingerprint density at radius 1 is 1.53 bits per heavy atom. The van der Waals surface area contributed by atoms with Crippen LogP contribution in [-0.2, 0) is 0 Å². The number of rotatable bonds is 5. The number of nitrogens with zero attached hydrogens (tertiary/aromatic N) is 1. The monoisotopic (exact) mass is 261 g/mol. The number of unbranched alkanes of at least 4 members (excludes halogenated alkanes) is 1. The van der Waals surface area contributed by atoms with Gasteiger partial charge < -0.3 is 15.4 Å². The number of carboxylic acids is 1. The molecule has 0 spiro atoms. The van der Waals surface area contributed by atoms with Gasteiger partial charge in [0, 0.05) is 12.7 Å². The summed E-state index contributed by atoms with van der Waals surface area (Å²) in [5, 5.41) is 12.5. The lowest BCUT2D eigenvalue weighted by molar-refractivity contribution is 0.0698. The van der Waals surface area contributed by atoms with E-state index in [2.05, 4.69) is 15.3 Å². The second-order valence-corrected chi connectivity index (χ2v) is 4.21. The maximum absolute atomic E-state index is 11.6. The molecule has 0 aliphatic heterocycles. The molecule has 0 saturated heterocycles. The van der Waals surface area contributed by atoms with Crippen LogP contribution in [0.15, 0.2) is 23.1 Å². The Kier molecular flexibility index (Phi) is 3.79. The molecular formula is C13H15N3O3. The maximum Gasteiger partial charge on any atom is 0.339 e. The van der Waals surface area contributed by atoms with Crippen LogP contribution in [0.2, 0.25) is 0 Å². The Morgan fingerprint density at radius 2 is 2.32 bits per heavy atom. The highest BCUT2D eigenvalue weighted by Gasteiger charge is 2.14. The van der Waals surface area contributed by atoms with Crippen molar-refractivity contribution >= 4 is 22.7 Å². The average molecular weight is 261 g/mol. The third kappa shape index (κ3) is 2.73. The summed E-state index contributed by atoms with van der Waals surface area (Å²) in [6.07, 6.45) is 3.42. The number of nitrogens with one attached hydrogen (secondary N) is 2. The molecule has 2 rings (SSSR count). The largest absolute Gasteiger partial charge is 0.478 e. The summed E-state index contributed by atoms with van der Waals surface area (Å²) in [4.78, 5) is 29.6. The van der Waals surface area contributed by atoms with Crippen molar-refractivity contribution in [1.29, 1.82) is 0 Å². The van der Waals surface area contributed by atoms with E-state index in [1.165, 1.54) is 12.3 Å². The second kappa shape index (κ2) is 5.51.